The lowest BCUT2D eigenvalue weighted by atomic mass is 10.1. The van der Waals surface area contributed by atoms with Crippen LogP contribution < -0.4 is 0 Å². The Balaban J connectivity index is 1.20. The largest absolute Gasteiger partial charge is 0.387 e. The third kappa shape index (κ3) is 4.40. The standard InChI is InChI=1S/C24H31N3O8/c1-23(2)32-18-16(28)15(30-21(18)34-23)11-27-14(10-25-26-27)17-19(29-12-13-8-6-5-7-9-13)20-22(31-17)35-24(3,4)33-20/h5-10,15-22,28H,11-12H2,1-4H3/t15-,16+,17-,18-,19-,20-,21-,22-/m0/s1. The fraction of sp³-hybridized carbons (Fsp3) is 0.667. The molecule has 1 N–H and O–H groups in total. The van der Waals surface area contributed by atoms with Crippen LogP contribution in [0.15, 0.2) is 36.5 Å². The van der Waals surface area contributed by atoms with E-state index < -0.39 is 60.8 Å². The summed E-state index contributed by atoms with van der Waals surface area (Å²) in [6.45, 7) is 7.92. The van der Waals surface area contributed by atoms with Crippen LogP contribution in [0.25, 0.3) is 0 Å². The van der Waals surface area contributed by atoms with E-state index in [1.165, 1.54) is 0 Å². The van der Waals surface area contributed by atoms with Gasteiger partial charge in [-0.25, -0.2) is 4.68 Å². The van der Waals surface area contributed by atoms with Gasteiger partial charge in [0.1, 0.15) is 36.6 Å². The van der Waals surface area contributed by atoms with Gasteiger partial charge in [-0.3, -0.25) is 0 Å². The molecule has 0 amide bonds. The van der Waals surface area contributed by atoms with E-state index in [-0.39, 0.29) is 6.54 Å². The monoisotopic (exact) mass is 489 g/mol. The van der Waals surface area contributed by atoms with Gasteiger partial charge in [0, 0.05) is 0 Å². The molecule has 1 aromatic carbocycles. The van der Waals surface area contributed by atoms with Gasteiger partial charge in [-0.15, -0.1) is 5.10 Å². The molecule has 11 nitrogen and oxygen atoms in total. The van der Waals surface area contributed by atoms with Gasteiger partial charge in [0.2, 0.25) is 0 Å². The zero-order chi connectivity index (χ0) is 24.4. The second kappa shape index (κ2) is 8.56. The number of ether oxygens (including phenoxy) is 7. The van der Waals surface area contributed by atoms with Gasteiger partial charge < -0.3 is 38.3 Å². The van der Waals surface area contributed by atoms with Gasteiger partial charge in [-0.05, 0) is 33.3 Å². The van der Waals surface area contributed by atoms with E-state index in [0.717, 1.165) is 5.56 Å². The van der Waals surface area contributed by atoms with Crippen LogP contribution >= 0.6 is 0 Å². The summed E-state index contributed by atoms with van der Waals surface area (Å²) >= 11 is 0. The van der Waals surface area contributed by atoms with Crippen molar-refractivity contribution < 1.29 is 38.3 Å². The third-order valence-corrected chi connectivity index (χ3v) is 6.68. The van der Waals surface area contributed by atoms with Crippen molar-refractivity contribution >= 4 is 0 Å². The molecule has 2 aromatic rings. The summed E-state index contributed by atoms with van der Waals surface area (Å²) in [4.78, 5) is 0. The minimum Gasteiger partial charge on any atom is -0.387 e. The topological polar surface area (TPSA) is 116 Å². The van der Waals surface area contributed by atoms with E-state index in [1.807, 2.05) is 44.2 Å². The molecule has 6 rings (SSSR count). The van der Waals surface area contributed by atoms with Crippen LogP contribution in [0.5, 0.6) is 0 Å². The Morgan fingerprint density at radius 1 is 0.943 bits per heavy atom. The number of aromatic nitrogens is 3. The molecule has 0 spiro atoms. The van der Waals surface area contributed by atoms with Crippen LogP contribution in [0.1, 0.15) is 45.1 Å². The Morgan fingerprint density at radius 2 is 1.63 bits per heavy atom. The van der Waals surface area contributed by atoms with E-state index in [2.05, 4.69) is 10.3 Å². The number of benzene rings is 1. The fourth-order valence-electron chi connectivity index (χ4n) is 5.17. The molecule has 0 saturated carbocycles. The van der Waals surface area contributed by atoms with Crippen molar-refractivity contribution in [3.8, 4) is 0 Å². The maximum atomic E-state index is 10.8. The summed E-state index contributed by atoms with van der Waals surface area (Å²) < 4.78 is 43.9. The summed E-state index contributed by atoms with van der Waals surface area (Å²) in [5.74, 6) is -1.58. The van der Waals surface area contributed by atoms with Crippen molar-refractivity contribution in [3.63, 3.8) is 0 Å². The molecule has 4 aliphatic rings. The maximum Gasteiger partial charge on any atom is 0.190 e. The molecule has 4 fully saturated rings. The zero-order valence-corrected chi connectivity index (χ0v) is 20.1. The van der Waals surface area contributed by atoms with Crippen LogP contribution in [0.4, 0.5) is 0 Å². The lowest BCUT2D eigenvalue weighted by Gasteiger charge is -2.27. The number of aliphatic hydroxyl groups is 1. The molecule has 0 unspecified atom stereocenters. The first-order valence-corrected chi connectivity index (χ1v) is 11.9. The molecule has 35 heavy (non-hydrogen) atoms. The van der Waals surface area contributed by atoms with Crippen molar-refractivity contribution in [2.75, 3.05) is 0 Å². The minimum atomic E-state index is -0.875. The predicted octanol–water partition coefficient (Wildman–Crippen LogP) is 1.65. The molecule has 0 radical (unpaired) electrons. The maximum absolute atomic E-state index is 10.8. The smallest absolute Gasteiger partial charge is 0.190 e. The number of fused-ring (bicyclic) bond motifs is 2. The van der Waals surface area contributed by atoms with Crippen LogP contribution in [0, 0.1) is 0 Å². The molecular weight excluding hydrogens is 458 g/mol. The van der Waals surface area contributed by atoms with Crippen LogP contribution in [-0.2, 0) is 46.3 Å². The normalized spacial score (nSPS) is 39.1. The molecule has 0 aliphatic carbocycles. The highest BCUT2D eigenvalue weighted by Gasteiger charge is 2.57. The third-order valence-electron chi connectivity index (χ3n) is 6.68. The molecular formula is C24H31N3O8. The van der Waals surface area contributed by atoms with E-state index in [0.29, 0.717) is 12.3 Å². The van der Waals surface area contributed by atoms with Crippen LogP contribution in [0.3, 0.4) is 0 Å². The van der Waals surface area contributed by atoms with Crippen LogP contribution in [0.2, 0.25) is 0 Å². The molecule has 4 aliphatic heterocycles. The van der Waals surface area contributed by atoms with Gasteiger partial charge >= 0.3 is 0 Å². The highest BCUT2D eigenvalue weighted by atomic mass is 16.8. The lowest BCUT2D eigenvalue weighted by molar-refractivity contribution is -0.222. The second-order valence-electron chi connectivity index (χ2n) is 10.3. The summed E-state index contributed by atoms with van der Waals surface area (Å²) in [7, 11) is 0. The second-order valence-corrected chi connectivity index (χ2v) is 10.3. The predicted molar refractivity (Wildman–Crippen MR) is 117 cm³/mol. The molecule has 11 heteroatoms. The first-order valence-electron chi connectivity index (χ1n) is 11.9. The van der Waals surface area contributed by atoms with E-state index in [9.17, 15) is 5.11 Å². The first-order chi connectivity index (χ1) is 16.7. The molecule has 1 aromatic heterocycles. The van der Waals surface area contributed by atoms with Gasteiger partial charge in [-0.2, -0.15) is 0 Å². The van der Waals surface area contributed by atoms with Crippen molar-refractivity contribution in [1.29, 1.82) is 0 Å². The van der Waals surface area contributed by atoms with Crippen LogP contribution in [-0.4, -0.2) is 74.8 Å². The van der Waals surface area contributed by atoms with Gasteiger partial charge in [0.15, 0.2) is 24.2 Å². The van der Waals surface area contributed by atoms with Gasteiger partial charge in [0.05, 0.1) is 25.0 Å². The number of aliphatic hydroxyl groups excluding tert-OH is 1. The molecule has 4 saturated heterocycles. The molecule has 0 bridgehead atoms. The summed E-state index contributed by atoms with van der Waals surface area (Å²) in [6.07, 6.45) is -3.02. The SMILES string of the molecule is CC1(C)O[C@@H]2O[C@@H](Cn3nncc3[C@@H]3O[C@H]4OC(C)(C)O[C@H]4[C@H]3OCc3ccccc3)[C@@H](O)[C@@H]2O1. The average molecular weight is 490 g/mol. The summed E-state index contributed by atoms with van der Waals surface area (Å²) in [6, 6.07) is 9.92. The number of nitrogens with zero attached hydrogens (tertiary/aromatic N) is 3. The Bertz CT molecular complexity index is 1050. The van der Waals surface area contributed by atoms with E-state index in [1.54, 1.807) is 24.7 Å². The summed E-state index contributed by atoms with van der Waals surface area (Å²) in [5, 5.41) is 19.1. The highest BCUT2D eigenvalue weighted by Crippen LogP contribution is 2.45. The Labute approximate surface area is 203 Å². The Kier molecular flexibility index (Phi) is 5.73. The Morgan fingerprint density at radius 3 is 2.34 bits per heavy atom. The molecule has 5 heterocycles. The zero-order valence-electron chi connectivity index (χ0n) is 20.1. The fourth-order valence-corrected chi connectivity index (χ4v) is 5.17. The van der Waals surface area contributed by atoms with E-state index >= 15 is 0 Å². The average Bonchev–Trinajstić information content (AvgIpc) is 3.57. The van der Waals surface area contributed by atoms with Gasteiger partial charge in [0.25, 0.3) is 0 Å². The van der Waals surface area contributed by atoms with Crippen molar-refractivity contribution in [1.82, 2.24) is 15.0 Å². The molecule has 190 valence electrons. The lowest BCUT2D eigenvalue weighted by Crippen LogP contribution is -2.38. The quantitative estimate of drug-likeness (QED) is 0.642. The number of hydrogen-bond acceptors (Lipinski definition) is 10. The Hall–Kier alpha value is -1.96. The van der Waals surface area contributed by atoms with Crippen molar-refractivity contribution in [2.24, 2.45) is 0 Å². The number of rotatable bonds is 6. The minimum absolute atomic E-state index is 0.241. The first kappa shape index (κ1) is 23.4. The number of hydrogen-bond donors (Lipinski definition) is 1. The van der Waals surface area contributed by atoms with Crippen molar-refractivity contribution in [3.05, 3.63) is 47.8 Å². The highest BCUT2D eigenvalue weighted by molar-refractivity contribution is 5.14. The van der Waals surface area contributed by atoms with E-state index in [4.69, 9.17) is 33.2 Å². The molecule has 8 atom stereocenters. The van der Waals surface area contributed by atoms with Crippen molar-refractivity contribution in [2.45, 2.75) is 102 Å². The van der Waals surface area contributed by atoms with Gasteiger partial charge in [-0.1, -0.05) is 35.5 Å². The summed E-state index contributed by atoms with van der Waals surface area (Å²) in [5.41, 5.74) is 1.72.